The van der Waals surface area contributed by atoms with Crippen molar-refractivity contribution in [3.63, 3.8) is 0 Å². The van der Waals surface area contributed by atoms with E-state index >= 15 is 0 Å². The van der Waals surface area contributed by atoms with Crippen LogP contribution < -0.4 is 0 Å². The van der Waals surface area contributed by atoms with E-state index in [0.29, 0.717) is 18.1 Å². The van der Waals surface area contributed by atoms with Gasteiger partial charge in [-0.1, -0.05) is 18.2 Å². The van der Waals surface area contributed by atoms with Gasteiger partial charge in [-0.3, -0.25) is 4.90 Å². The molecule has 0 spiro atoms. The Hall–Kier alpha value is -2.36. The second kappa shape index (κ2) is 7.72. The Bertz CT molecular complexity index is 1170. The first-order valence-corrected chi connectivity index (χ1v) is 11.0. The summed E-state index contributed by atoms with van der Waals surface area (Å²) in [6.07, 6.45) is -1.35. The summed E-state index contributed by atoms with van der Waals surface area (Å²) in [5.41, 5.74) is 0.306. The Kier molecular flexibility index (Phi) is 5.37. The van der Waals surface area contributed by atoms with E-state index in [1.54, 1.807) is 18.2 Å². The van der Waals surface area contributed by atoms with Crippen molar-refractivity contribution in [3.8, 4) is 0 Å². The lowest BCUT2D eigenvalue weighted by Crippen LogP contribution is -2.31. The minimum absolute atomic E-state index is 0.0704. The largest absolute Gasteiger partial charge is 0.416 e. The zero-order valence-corrected chi connectivity index (χ0v) is 16.8. The van der Waals surface area contributed by atoms with Gasteiger partial charge >= 0.3 is 6.18 Å². The first-order chi connectivity index (χ1) is 14.2. The summed E-state index contributed by atoms with van der Waals surface area (Å²) in [7, 11) is -4.20. The van der Waals surface area contributed by atoms with Gasteiger partial charge in [0.15, 0.2) is 0 Å². The first-order valence-electron chi connectivity index (χ1n) is 9.58. The predicted octanol–water partition coefficient (Wildman–Crippen LogP) is 3.85. The molecule has 1 aromatic heterocycles. The van der Waals surface area contributed by atoms with Crippen LogP contribution in [0.15, 0.2) is 59.6 Å². The average Bonchev–Trinajstić information content (AvgIpc) is 3.35. The molecule has 1 unspecified atom stereocenters. The Morgan fingerprint density at radius 1 is 1.10 bits per heavy atom. The lowest BCUT2D eigenvalue weighted by molar-refractivity contribution is -0.137. The first kappa shape index (κ1) is 20.9. The number of aromatic nitrogens is 1. The highest BCUT2D eigenvalue weighted by Crippen LogP contribution is 2.32. The third kappa shape index (κ3) is 3.73. The fraction of sp³-hybridized carbons (Fsp3) is 0.333. The fourth-order valence-corrected chi connectivity index (χ4v) is 5.42. The van der Waals surface area contributed by atoms with Gasteiger partial charge in [0.05, 0.1) is 22.6 Å². The number of halogens is 3. The maximum atomic E-state index is 13.1. The molecule has 1 fully saturated rings. The summed E-state index contributed by atoms with van der Waals surface area (Å²) >= 11 is 0. The zero-order chi connectivity index (χ0) is 21.5. The van der Waals surface area contributed by atoms with E-state index in [2.05, 4.69) is 4.90 Å². The van der Waals surface area contributed by atoms with Crippen LogP contribution >= 0.6 is 0 Å². The normalized spacial score (nSPS) is 18.3. The summed E-state index contributed by atoms with van der Waals surface area (Å²) in [4.78, 5) is 1.74. The topological polar surface area (TPSA) is 62.5 Å². The molecule has 0 aliphatic carbocycles. The van der Waals surface area contributed by atoms with Gasteiger partial charge in [-0.05, 0) is 55.3 Å². The van der Waals surface area contributed by atoms with Gasteiger partial charge in [0.1, 0.15) is 0 Å². The number of fused-ring (bicyclic) bond motifs is 1. The highest BCUT2D eigenvalue weighted by molar-refractivity contribution is 7.90. The van der Waals surface area contributed by atoms with E-state index < -0.39 is 26.7 Å². The number of nitrogens with zero attached hydrogens (tertiary/aromatic N) is 2. The van der Waals surface area contributed by atoms with E-state index in [1.807, 2.05) is 6.07 Å². The van der Waals surface area contributed by atoms with Gasteiger partial charge in [-0.25, -0.2) is 12.4 Å². The molecule has 0 bridgehead atoms. The molecule has 1 aliphatic heterocycles. The van der Waals surface area contributed by atoms with Crippen molar-refractivity contribution in [3.05, 3.63) is 65.9 Å². The molecule has 1 saturated heterocycles. The third-order valence-electron chi connectivity index (χ3n) is 5.59. The van der Waals surface area contributed by atoms with E-state index in [9.17, 15) is 26.7 Å². The van der Waals surface area contributed by atoms with Gasteiger partial charge < -0.3 is 5.11 Å². The Morgan fingerprint density at radius 2 is 1.87 bits per heavy atom. The highest BCUT2D eigenvalue weighted by atomic mass is 32.2. The molecule has 1 N–H and O–H groups in total. The van der Waals surface area contributed by atoms with Crippen LogP contribution in [0, 0.1) is 0 Å². The summed E-state index contributed by atoms with van der Waals surface area (Å²) in [6, 6.07) is 10.8. The molecule has 1 aliphatic rings. The molecule has 0 radical (unpaired) electrons. The van der Waals surface area contributed by atoms with E-state index in [1.165, 1.54) is 6.20 Å². The minimum atomic E-state index is -4.63. The van der Waals surface area contributed by atoms with Crippen LogP contribution in [0.4, 0.5) is 13.2 Å². The van der Waals surface area contributed by atoms with Crippen LogP contribution in [0.2, 0.25) is 0 Å². The standard InChI is InChI=1S/C21H21F3N2O3S/c22-21(23,24)16-5-2-7-18(12-16)30(28,29)26-11-9-19-15(4-1-8-20(19)26)13-25-10-3-6-17(25)14-27/h1-2,4-5,7-9,11-12,17,27H,3,6,10,13-14H2. The number of aliphatic hydroxyl groups excluding tert-OH is 1. The highest BCUT2D eigenvalue weighted by Gasteiger charge is 2.32. The van der Waals surface area contributed by atoms with Crippen LogP contribution in [0.1, 0.15) is 24.0 Å². The lowest BCUT2D eigenvalue weighted by atomic mass is 10.1. The molecule has 1 atom stereocenters. The number of alkyl halides is 3. The second-order valence-electron chi connectivity index (χ2n) is 7.44. The molecular formula is C21H21F3N2O3S. The molecule has 0 saturated carbocycles. The number of aliphatic hydroxyl groups is 1. The van der Waals surface area contributed by atoms with Gasteiger partial charge in [0.2, 0.25) is 0 Å². The van der Waals surface area contributed by atoms with Crippen molar-refractivity contribution in [2.75, 3.05) is 13.2 Å². The monoisotopic (exact) mass is 438 g/mol. The number of likely N-dealkylation sites (tertiary alicyclic amines) is 1. The minimum Gasteiger partial charge on any atom is -0.395 e. The summed E-state index contributed by atoms with van der Waals surface area (Å²) < 4.78 is 66.3. The summed E-state index contributed by atoms with van der Waals surface area (Å²) in [6.45, 7) is 1.49. The maximum Gasteiger partial charge on any atom is 0.416 e. The van der Waals surface area contributed by atoms with Gasteiger partial charge in [-0.15, -0.1) is 0 Å². The molecule has 30 heavy (non-hydrogen) atoms. The summed E-state index contributed by atoms with van der Waals surface area (Å²) in [5.74, 6) is 0. The van der Waals surface area contributed by atoms with Crippen molar-refractivity contribution in [1.82, 2.24) is 8.87 Å². The van der Waals surface area contributed by atoms with Crippen LogP contribution in [-0.2, 0) is 22.7 Å². The van der Waals surface area contributed by atoms with Gasteiger partial charge in [0, 0.05) is 24.2 Å². The van der Waals surface area contributed by atoms with Crippen molar-refractivity contribution in [2.45, 2.75) is 36.5 Å². The molecular weight excluding hydrogens is 417 g/mol. The number of hydrogen-bond acceptors (Lipinski definition) is 4. The molecule has 4 rings (SSSR count). The summed E-state index contributed by atoms with van der Waals surface area (Å²) in [5, 5.41) is 10.3. The molecule has 2 aromatic carbocycles. The predicted molar refractivity (Wildman–Crippen MR) is 106 cm³/mol. The van der Waals surface area contributed by atoms with E-state index in [-0.39, 0.29) is 12.6 Å². The van der Waals surface area contributed by atoms with Crippen molar-refractivity contribution < 1.29 is 26.7 Å². The van der Waals surface area contributed by atoms with Gasteiger partial charge in [0.25, 0.3) is 10.0 Å². The molecule has 9 heteroatoms. The van der Waals surface area contributed by atoms with E-state index in [4.69, 9.17) is 0 Å². The van der Waals surface area contributed by atoms with Crippen LogP contribution in [0.25, 0.3) is 10.9 Å². The van der Waals surface area contributed by atoms with Crippen LogP contribution in [-0.4, -0.2) is 41.6 Å². The molecule has 160 valence electrons. The number of hydrogen-bond donors (Lipinski definition) is 1. The van der Waals surface area contributed by atoms with Crippen LogP contribution in [0.3, 0.4) is 0 Å². The smallest absolute Gasteiger partial charge is 0.395 e. The lowest BCUT2D eigenvalue weighted by Gasteiger charge is -2.23. The molecule has 2 heterocycles. The SMILES string of the molecule is O=S(=O)(c1cccc(C(F)(F)F)c1)n1ccc2c(CN3CCCC3CO)cccc21. The maximum absolute atomic E-state index is 13.1. The molecule has 5 nitrogen and oxygen atoms in total. The van der Waals surface area contributed by atoms with Gasteiger partial charge in [-0.2, -0.15) is 13.2 Å². The quantitative estimate of drug-likeness (QED) is 0.657. The third-order valence-corrected chi connectivity index (χ3v) is 7.27. The van der Waals surface area contributed by atoms with Crippen molar-refractivity contribution in [2.24, 2.45) is 0 Å². The van der Waals surface area contributed by atoms with Crippen molar-refractivity contribution in [1.29, 1.82) is 0 Å². The Labute approximate surface area is 172 Å². The molecule has 0 amide bonds. The fourth-order valence-electron chi connectivity index (χ4n) is 4.03. The van der Waals surface area contributed by atoms with Crippen LogP contribution in [0.5, 0.6) is 0 Å². The number of rotatable bonds is 5. The van der Waals surface area contributed by atoms with Crippen molar-refractivity contribution >= 4 is 20.9 Å². The Morgan fingerprint density at radius 3 is 2.60 bits per heavy atom. The second-order valence-corrected chi connectivity index (χ2v) is 9.26. The molecule has 3 aromatic rings. The zero-order valence-electron chi connectivity index (χ0n) is 16.0. The average molecular weight is 438 g/mol. The van der Waals surface area contributed by atoms with E-state index in [0.717, 1.165) is 52.5 Å². The number of benzene rings is 2. The Balaban J connectivity index is 1.74.